The number of carbonyl (C=O) groups is 1. The third-order valence-corrected chi connectivity index (χ3v) is 8.93. The van der Waals surface area contributed by atoms with Gasteiger partial charge in [-0.3, -0.25) is 4.79 Å². The average molecular weight is 300 g/mol. The fourth-order valence-corrected chi connectivity index (χ4v) is 7.30. The van der Waals surface area contributed by atoms with Gasteiger partial charge in [0, 0.05) is 12.3 Å². The summed E-state index contributed by atoms with van der Waals surface area (Å²) in [5.41, 5.74) is 2.59. The lowest BCUT2D eigenvalue weighted by Crippen LogP contribution is -2.55. The molecule has 0 aromatic rings. The van der Waals surface area contributed by atoms with E-state index in [1.807, 2.05) is 0 Å². The molecule has 0 heterocycles. The van der Waals surface area contributed by atoms with E-state index in [1.165, 1.54) is 32.1 Å². The zero-order chi connectivity index (χ0) is 15.7. The molecule has 4 rings (SSSR count). The van der Waals surface area contributed by atoms with Crippen molar-refractivity contribution in [3.05, 3.63) is 11.6 Å². The predicted molar refractivity (Wildman–Crippen MR) is 90.4 cm³/mol. The van der Waals surface area contributed by atoms with Crippen molar-refractivity contribution in [1.29, 1.82) is 0 Å². The molecule has 0 saturated heterocycles. The van der Waals surface area contributed by atoms with E-state index in [4.69, 9.17) is 0 Å². The predicted octanol–water partition coefficient (Wildman–Crippen LogP) is 5.40. The number of rotatable bonds is 0. The molecule has 0 amide bonds. The highest BCUT2D eigenvalue weighted by atomic mass is 16.1. The van der Waals surface area contributed by atoms with Crippen molar-refractivity contribution in [1.82, 2.24) is 0 Å². The standard InChI is InChI=1S/C21H32O/c1-13-5-7-17-15-6-8-16-14(2)19(22)10-12-21(16,4)18(15)9-11-20(13,17)3/h5,14-18H,6-12H2,1-4H3. The van der Waals surface area contributed by atoms with Gasteiger partial charge in [0.15, 0.2) is 0 Å². The Morgan fingerprint density at radius 2 is 1.82 bits per heavy atom. The van der Waals surface area contributed by atoms with Gasteiger partial charge in [-0.2, -0.15) is 0 Å². The fraction of sp³-hybridized carbons (Fsp3) is 0.857. The smallest absolute Gasteiger partial charge is 0.136 e. The summed E-state index contributed by atoms with van der Waals surface area (Å²) in [6.07, 6.45) is 11.3. The first-order valence-electron chi connectivity index (χ1n) is 9.58. The van der Waals surface area contributed by atoms with Crippen molar-refractivity contribution >= 4 is 5.78 Å². The van der Waals surface area contributed by atoms with Gasteiger partial charge in [-0.15, -0.1) is 0 Å². The Morgan fingerprint density at radius 3 is 2.59 bits per heavy atom. The van der Waals surface area contributed by atoms with Crippen molar-refractivity contribution in [3.63, 3.8) is 0 Å². The molecule has 7 unspecified atom stereocenters. The Kier molecular flexibility index (Phi) is 3.20. The number of hydrogen-bond donors (Lipinski definition) is 0. The van der Waals surface area contributed by atoms with Crippen LogP contribution in [0.25, 0.3) is 0 Å². The minimum Gasteiger partial charge on any atom is -0.299 e. The van der Waals surface area contributed by atoms with E-state index in [0.29, 0.717) is 28.4 Å². The number of fused-ring (bicyclic) bond motifs is 5. The molecule has 3 fully saturated rings. The van der Waals surface area contributed by atoms with Crippen LogP contribution in [0.15, 0.2) is 11.6 Å². The van der Waals surface area contributed by atoms with Crippen LogP contribution in [0.2, 0.25) is 0 Å². The number of ketones is 1. The van der Waals surface area contributed by atoms with Crippen LogP contribution < -0.4 is 0 Å². The second-order valence-corrected chi connectivity index (χ2v) is 9.40. The Balaban J connectivity index is 1.66. The van der Waals surface area contributed by atoms with Crippen LogP contribution in [-0.2, 0) is 4.79 Å². The number of carbonyl (C=O) groups excluding carboxylic acids is 1. The van der Waals surface area contributed by atoms with Gasteiger partial charge in [-0.1, -0.05) is 32.4 Å². The molecule has 1 nitrogen and oxygen atoms in total. The molecule has 4 aliphatic carbocycles. The Morgan fingerprint density at radius 1 is 1.05 bits per heavy atom. The summed E-state index contributed by atoms with van der Waals surface area (Å²) in [6.45, 7) is 9.68. The first-order valence-corrected chi connectivity index (χ1v) is 9.58. The average Bonchev–Trinajstić information content (AvgIpc) is 2.79. The van der Waals surface area contributed by atoms with Gasteiger partial charge in [-0.05, 0) is 80.0 Å². The van der Waals surface area contributed by atoms with E-state index in [-0.39, 0.29) is 0 Å². The highest BCUT2D eigenvalue weighted by Gasteiger charge is 2.59. The van der Waals surface area contributed by atoms with Gasteiger partial charge in [-0.25, -0.2) is 0 Å². The van der Waals surface area contributed by atoms with E-state index in [2.05, 4.69) is 33.8 Å². The number of allylic oxidation sites excluding steroid dienone is 2. The van der Waals surface area contributed by atoms with Crippen molar-refractivity contribution in [2.24, 2.45) is 40.4 Å². The lowest BCUT2D eigenvalue weighted by atomic mass is 9.43. The van der Waals surface area contributed by atoms with Crippen LogP contribution in [0.1, 0.15) is 72.6 Å². The van der Waals surface area contributed by atoms with Crippen molar-refractivity contribution < 1.29 is 4.79 Å². The molecule has 22 heavy (non-hydrogen) atoms. The van der Waals surface area contributed by atoms with Gasteiger partial charge in [0.05, 0.1) is 0 Å². The monoisotopic (exact) mass is 300 g/mol. The van der Waals surface area contributed by atoms with E-state index < -0.39 is 0 Å². The molecule has 0 bridgehead atoms. The number of hydrogen-bond acceptors (Lipinski definition) is 1. The molecule has 1 heteroatoms. The zero-order valence-electron chi connectivity index (χ0n) is 14.8. The summed E-state index contributed by atoms with van der Waals surface area (Å²) < 4.78 is 0. The lowest BCUT2D eigenvalue weighted by molar-refractivity contribution is -0.147. The van der Waals surface area contributed by atoms with Gasteiger partial charge < -0.3 is 0 Å². The van der Waals surface area contributed by atoms with Crippen LogP contribution in [0.3, 0.4) is 0 Å². The van der Waals surface area contributed by atoms with E-state index in [1.54, 1.807) is 5.57 Å². The molecule has 0 N–H and O–H groups in total. The van der Waals surface area contributed by atoms with Crippen LogP contribution in [0.5, 0.6) is 0 Å². The minimum absolute atomic E-state index is 0.316. The van der Waals surface area contributed by atoms with Gasteiger partial charge in [0.25, 0.3) is 0 Å². The summed E-state index contributed by atoms with van der Waals surface area (Å²) in [5, 5.41) is 0. The molecule has 0 spiro atoms. The van der Waals surface area contributed by atoms with Crippen LogP contribution in [0, 0.1) is 40.4 Å². The molecule has 122 valence electrons. The van der Waals surface area contributed by atoms with Gasteiger partial charge >= 0.3 is 0 Å². The summed E-state index contributed by atoms with van der Waals surface area (Å²) in [5.74, 6) is 4.19. The van der Waals surface area contributed by atoms with E-state index in [0.717, 1.165) is 30.6 Å². The molecule has 7 atom stereocenters. The molecule has 0 aromatic heterocycles. The maximum atomic E-state index is 12.2. The summed E-state index contributed by atoms with van der Waals surface area (Å²) >= 11 is 0. The first-order chi connectivity index (χ1) is 10.4. The SMILES string of the molecule is CC1=CCC2C3CCC4C(C)C(=O)CCC4(C)C3CCC12C. The van der Waals surface area contributed by atoms with E-state index >= 15 is 0 Å². The molecule has 0 aromatic carbocycles. The van der Waals surface area contributed by atoms with E-state index in [9.17, 15) is 4.79 Å². The summed E-state index contributed by atoms with van der Waals surface area (Å²) in [6, 6.07) is 0. The largest absolute Gasteiger partial charge is 0.299 e. The molecule has 0 radical (unpaired) electrons. The third-order valence-electron chi connectivity index (χ3n) is 8.93. The Bertz CT molecular complexity index is 532. The first kappa shape index (κ1) is 15.0. The summed E-state index contributed by atoms with van der Waals surface area (Å²) in [4.78, 5) is 12.2. The highest BCUT2D eigenvalue weighted by molar-refractivity contribution is 5.82. The van der Waals surface area contributed by atoms with Gasteiger partial charge in [0.1, 0.15) is 5.78 Å². The minimum atomic E-state index is 0.316. The third kappa shape index (κ3) is 1.74. The second-order valence-electron chi connectivity index (χ2n) is 9.40. The van der Waals surface area contributed by atoms with Crippen LogP contribution >= 0.6 is 0 Å². The topological polar surface area (TPSA) is 17.1 Å². The van der Waals surface area contributed by atoms with Crippen LogP contribution in [-0.4, -0.2) is 5.78 Å². The highest BCUT2D eigenvalue weighted by Crippen LogP contribution is 2.66. The molecular weight excluding hydrogens is 268 g/mol. The Labute approximate surface area is 135 Å². The quantitative estimate of drug-likeness (QED) is 0.547. The Hall–Kier alpha value is -0.590. The summed E-state index contributed by atoms with van der Waals surface area (Å²) in [7, 11) is 0. The zero-order valence-corrected chi connectivity index (χ0v) is 14.8. The number of Topliss-reactive ketones (excluding diaryl/α,β-unsaturated/α-hetero) is 1. The molecule has 4 aliphatic rings. The van der Waals surface area contributed by atoms with Crippen molar-refractivity contribution in [2.75, 3.05) is 0 Å². The van der Waals surface area contributed by atoms with Crippen molar-refractivity contribution in [3.8, 4) is 0 Å². The molecule has 3 saturated carbocycles. The maximum Gasteiger partial charge on any atom is 0.136 e. The fourth-order valence-electron chi connectivity index (χ4n) is 7.30. The van der Waals surface area contributed by atoms with Gasteiger partial charge in [0.2, 0.25) is 0 Å². The second kappa shape index (κ2) is 4.71. The van der Waals surface area contributed by atoms with Crippen molar-refractivity contribution in [2.45, 2.75) is 72.6 Å². The lowest BCUT2D eigenvalue weighted by Gasteiger charge is -2.61. The maximum absolute atomic E-state index is 12.2. The normalized spacial score (nSPS) is 54.3. The van der Waals surface area contributed by atoms with Crippen LogP contribution in [0.4, 0.5) is 0 Å². The molecule has 0 aliphatic heterocycles. The molecular formula is C21H32O.